The van der Waals surface area contributed by atoms with Crippen LogP contribution in [0.5, 0.6) is 0 Å². The molecular formula is C25H24FNO3S. The average molecular weight is 438 g/mol. The average Bonchev–Trinajstić information content (AvgIpc) is 3.14. The number of carbonyl (C=O) groups is 1. The highest BCUT2D eigenvalue weighted by Gasteiger charge is 2.37. The Morgan fingerprint density at radius 2 is 1.45 bits per heavy atom. The monoisotopic (exact) mass is 437 g/mol. The highest BCUT2D eigenvalue weighted by atomic mass is 32.2. The van der Waals surface area contributed by atoms with E-state index in [4.69, 9.17) is 0 Å². The van der Waals surface area contributed by atoms with E-state index in [9.17, 15) is 17.6 Å². The lowest BCUT2D eigenvalue weighted by Crippen LogP contribution is -2.43. The number of halogens is 1. The van der Waals surface area contributed by atoms with E-state index in [0.29, 0.717) is 6.42 Å². The molecule has 0 aliphatic carbocycles. The molecule has 160 valence electrons. The van der Waals surface area contributed by atoms with Crippen LogP contribution in [-0.2, 0) is 21.2 Å². The molecule has 1 unspecified atom stereocenters. The molecule has 1 atom stereocenters. The normalized spacial score (nSPS) is 17.5. The van der Waals surface area contributed by atoms with Gasteiger partial charge < -0.3 is 4.90 Å². The van der Waals surface area contributed by atoms with Crippen LogP contribution in [0.4, 0.5) is 4.39 Å². The van der Waals surface area contributed by atoms with Crippen molar-refractivity contribution in [3.63, 3.8) is 0 Å². The summed E-state index contributed by atoms with van der Waals surface area (Å²) in [5.74, 6) is -1.02. The zero-order chi connectivity index (χ0) is 21.8. The molecule has 3 aromatic carbocycles. The first kappa shape index (κ1) is 21.2. The topological polar surface area (TPSA) is 54.5 Å². The molecule has 0 N–H and O–H groups in total. The number of carbonyl (C=O) groups excluding carboxylic acids is 1. The zero-order valence-electron chi connectivity index (χ0n) is 17.0. The molecule has 1 aliphatic rings. The lowest BCUT2D eigenvalue weighted by Gasteiger charge is -2.32. The fourth-order valence-corrected chi connectivity index (χ4v) is 5.86. The largest absolute Gasteiger partial charge is 0.334 e. The van der Waals surface area contributed by atoms with Crippen LogP contribution in [0.1, 0.15) is 29.0 Å². The number of hydrogen-bond donors (Lipinski definition) is 0. The van der Waals surface area contributed by atoms with Crippen molar-refractivity contribution < 1.29 is 17.6 Å². The van der Waals surface area contributed by atoms with Crippen LogP contribution in [0.2, 0.25) is 0 Å². The number of amides is 1. The van der Waals surface area contributed by atoms with Gasteiger partial charge in [-0.25, -0.2) is 12.8 Å². The fraction of sp³-hybridized carbons (Fsp3) is 0.240. The number of hydrogen-bond acceptors (Lipinski definition) is 3. The smallest absolute Gasteiger partial charge is 0.235 e. The van der Waals surface area contributed by atoms with Crippen molar-refractivity contribution in [1.29, 1.82) is 0 Å². The predicted molar refractivity (Wildman–Crippen MR) is 119 cm³/mol. The van der Waals surface area contributed by atoms with Crippen LogP contribution in [0.3, 0.4) is 0 Å². The van der Waals surface area contributed by atoms with Gasteiger partial charge in [0.1, 0.15) is 5.82 Å². The summed E-state index contributed by atoms with van der Waals surface area (Å²) in [5, 5.41) is 0. The molecule has 3 aromatic rings. The molecule has 1 saturated heterocycles. The summed E-state index contributed by atoms with van der Waals surface area (Å²) in [7, 11) is -3.18. The Morgan fingerprint density at radius 1 is 0.903 bits per heavy atom. The second-order valence-corrected chi connectivity index (χ2v) is 10.1. The van der Waals surface area contributed by atoms with Gasteiger partial charge in [-0.1, -0.05) is 72.8 Å². The minimum Gasteiger partial charge on any atom is -0.334 e. The summed E-state index contributed by atoms with van der Waals surface area (Å²) in [6.07, 6.45) is 0.408. The number of benzene rings is 3. The molecule has 0 aromatic heterocycles. The van der Waals surface area contributed by atoms with Crippen molar-refractivity contribution in [1.82, 2.24) is 4.90 Å². The van der Waals surface area contributed by atoms with Gasteiger partial charge >= 0.3 is 0 Å². The number of sulfone groups is 1. The van der Waals surface area contributed by atoms with Crippen molar-refractivity contribution in [3.05, 3.63) is 107 Å². The summed E-state index contributed by atoms with van der Waals surface area (Å²) >= 11 is 0. The summed E-state index contributed by atoms with van der Waals surface area (Å²) < 4.78 is 37.8. The van der Waals surface area contributed by atoms with Gasteiger partial charge in [0.15, 0.2) is 9.84 Å². The molecule has 31 heavy (non-hydrogen) atoms. The Hall–Kier alpha value is -2.99. The van der Waals surface area contributed by atoms with Gasteiger partial charge in [-0.15, -0.1) is 0 Å². The highest BCUT2D eigenvalue weighted by Crippen LogP contribution is 2.30. The van der Waals surface area contributed by atoms with Gasteiger partial charge in [-0.3, -0.25) is 4.79 Å². The number of nitrogens with zero attached hydrogens (tertiary/aromatic N) is 1. The SMILES string of the molecule is O=C(C(c1ccccc1)c1ccccc1)N(Cc1ccc(F)cc1)C1CCS(=O)(=O)C1. The first-order valence-electron chi connectivity index (χ1n) is 10.3. The van der Waals surface area contributed by atoms with Crippen molar-refractivity contribution in [2.24, 2.45) is 0 Å². The maximum Gasteiger partial charge on any atom is 0.235 e. The molecule has 0 radical (unpaired) electrons. The third kappa shape index (κ3) is 5.02. The molecule has 0 bridgehead atoms. The summed E-state index contributed by atoms with van der Waals surface area (Å²) in [5.41, 5.74) is 2.46. The zero-order valence-corrected chi connectivity index (χ0v) is 17.8. The molecule has 1 fully saturated rings. The van der Waals surface area contributed by atoms with Crippen molar-refractivity contribution >= 4 is 15.7 Å². The van der Waals surface area contributed by atoms with E-state index in [-0.39, 0.29) is 29.8 Å². The highest BCUT2D eigenvalue weighted by molar-refractivity contribution is 7.91. The minimum absolute atomic E-state index is 0.0454. The van der Waals surface area contributed by atoms with Crippen molar-refractivity contribution in [2.45, 2.75) is 24.9 Å². The summed E-state index contributed by atoms with van der Waals surface area (Å²) in [6.45, 7) is 0.232. The van der Waals surface area contributed by atoms with E-state index < -0.39 is 21.8 Å². The maximum atomic E-state index is 14.0. The van der Waals surface area contributed by atoms with Gasteiger partial charge in [0.25, 0.3) is 0 Å². The van der Waals surface area contributed by atoms with Gasteiger partial charge in [-0.2, -0.15) is 0 Å². The second-order valence-electron chi connectivity index (χ2n) is 7.90. The van der Waals surface area contributed by atoms with Gasteiger partial charge in [0.2, 0.25) is 5.91 Å². The molecule has 4 nitrogen and oxygen atoms in total. The van der Waals surface area contributed by atoms with Gasteiger partial charge in [-0.05, 0) is 35.2 Å². The van der Waals surface area contributed by atoms with Crippen LogP contribution in [0, 0.1) is 5.82 Å². The standard InChI is InChI=1S/C25H24FNO3S/c26-22-13-11-19(12-14-22)17-27(23-15-16-31(29,30)18-23)25(28)24(20-7-3-1-4-8-20)21-9-5-2-6-10-21/h1-14,23-24H,15-18H2. The predicted octanol–water partition coefficient (Wildman–Crippen LogP) is 4.17. The lowest BCUT2D eigenvalue weighted by molar-refractivity contribution is -0.134. The van der Waals surface area contributed by atoms with E-state index in [2.05, 4.69) is 0 Å². The fourth-order valence-electron chi connectivity index (χ4n) is 4.13. The Bertz CT molecular complexity index is 1090. The van der Waals surface area contributed by atoms with E-state index in [1.807, 2.05) is 60.7 Å². The second kappa shape index (κ2) is 9.02. The Kier molecular flexibility index (Phi) is 6.18. The lowest BCUT2D eigenvalue weighted by atomic mass is 9.89. The minimum atomic E-state index is -3.18. The quantitative estimate of drug-likeness (QED) is 0.582. The molecule has 0 saturated carbocycles. The van der Waals surface area contributed by atoms with E-state index in [0.717, 1.165) is 16.7 Å². The number of rotatable bonds is 6. The third-order valence-electron chi connectivity index (χ3n) is 5.71. The molecule has 4 rings (SSSR count). The van der Waals surface area contributed by atoms with E-state index >= 15 is 0 Å². The van der Waals surface area contributed by atoms with Crippen LogP contribution < -0.4 is 0 Å². The van der Waals surface area contributed by atoms with Crippen LogP contribution in [0.25, 0.3) is 0 Å². The molecule has 0 spiro atoms. The summed E-state index contributed by atoms with van der Waals surface area (Å²) in [6, 6.07) is 24.6. The van der Waals surface area contributed by atoms with Crippen molar-refractivity contribution in [2.75, 3.05) is 11.5 Å². The first-order chi connectivity index (χ1) is 14.9. The molecule has 1 aliphatic heterocycles. The molecule has 6 heteroatoms. The van der Waals surface area contributed by atoms with Crippen molar-refractivity contribution in [3.8, 4) is 0 Å². The summed E-state index contributed by atoms with van der Waals surface area (Å²) in [4.78, 5) is 15.6. The molecule has 1 amide bonds. The third-order valence-corrected chi connectivity index (χ3v) is 7.46. The van der Waals surface area contributed by atoms with Gasteiger partial charge in [0.05, 0.1) is 17.4 Å². The van der Waals surface area contributed by atoms with Crippen LogP contribution >= 0.6 is 0 Å². The van der Waals surface area contributed by atoms with E-state index in [1.54, 1.807) is 17.0 Å². The molecular weight excluding hydrogens is 413 g/mol. The van der Waals surface area contributed by atoms with E-state index in [1.165, 1.54) is 12.1 Å². The first-order valence-corrected chi connectivity index (χ1v) is 12.1. The van der Waals surface area contributed by atoms with Gasteiger partial charge in [0, 0.05) is 12.6 Å². The Labute approximate surface area is 182 Å². The van der Waals surface area contributed by atoms with Crippen LogP contribution in [0.15, 0.2) is 84.9 Å². The maximum absolute atomic E-state index is 14.0. The molecule has 1 heterocycles. The van der Waals surface area contributed by atoms with Crippen LogP contribution in [-0.4, -0.2) is 36.8 Å². The Balaban J connectivity index is 1.74. The Morgan fingerprint density at radius 3 is 1.94 bits per heavy atom.